The van der Waals surface area contributed by atoms with Crippen LogP contribution in [0.25, 0.3) is 0 Å². The van der Waals surface area contributed by atoms with Gasteiger partial charge in [0.2, 0.25) is 0 Å². The number of fused-ring (bicyclic) bond motifs is 1. The lowest BCUT2D eigenvalue weighted by molar-refractivity contribution is 0.785. The fourth-order valence-corrected chi connectivity index (χ4v) is 9.26. The molecule has 0 aromatic heterocycles. The Balaban J connectivity index is 1.36. The number of nitrogens with one attached hydrogen (secondary N) is 1. The van der Waals surface area contributed by atoms with Gasteiger partial charge in [-0.05, 0) is 84.1 Å². The van der Waals surface area contributed by atoms with Gasteiger partial charge in [-0.1, -0.05) is 109 Å². The highest BCUT2D eigenvalue weighted by Gasteiger charge is 2.32. The van der Waals surface area contributed by atoms with E-state index < -0.39 is 7.92 Å². The van der Waals surface area contributed by atoms with E-state index in [2.05, 4.69) is 140 Å². The Labute approximate surface area is 238 Å². The molecule has 5 aromatic rings. The first-order valence-corrected chi connectivity index (χ1v) is 16.2. The van der Waals surface area contributed by atoms with Crippen molar-refractivity contribution >= 4 is 41.3 Å². The topological polar surface area (TPSA) is 12.0 Å². The predicted octanol–water partition coefficient (Wildman–Crippen LogP) is 8.04. The highest BCUT2D eigenvalue weighted by molar-refractivity contribution is 7.99. The maximum Gasteiger partial charge on any atom is 0.0381 e. The molecule has 0 aliphatic heterocycles. The van der Waals surface area contributed by atoms with E-state index in [0.29, 0.717) is 5.92 Å². The van der Waals surface area contributed by atoms with Crippen molar-refractivity contribution in [2.75, 3.05) is 17.6 Å². The van der Waals surface area contributed by atoms with Crippen molar-refractivity contribution in [2.24, 2.45) is 0 Å². The van der Waals surface area contributed by atoms with Gasteiger partial charge < -0.3 is 5.32 Å². The normalized spacial score (nSPS) is 14.4. The summed E-state index contributed by atoms with van der Waals surface area (Å²) in [4.78, 5) is 1.33. The third kappa shape index (κ3) is 5.69. The first-order valence-electron chi connectivity index (χ1n) is 13.8. The van der Waals surface area contributed by atoms with Gasteiger partial charge in [0, 0.05) is 28.8 Å². The highest BCUT2D eigenvalue weighted by Crippen LogP contribution is 2.46. The smallest absolute Gasteiger partial charge is 0.0381 e. The van der Waals surface area contributed by atoms with E-state index in [4.69, 9.17) is 0 Å². The fourth-order valence-electron chi connectivity index (χ4n) is 5.90. The number of anilines is 1. The Morgan fingerprint density at radius 2 is 1.33 bits per heavy atom. The van der Waals surface area contributed by atoms with Crippen molar-refractivity contribution in [1.29, 1.82) is 0 Å². The first kappa shape index (κ1) is 25.9. The highest BCUT2D eigenvalue weighted by atomic mass is 32.2. The van der Waals surface area contributed by atoms with Gasteiger partial charge in [0.15, 0.2) is 0 Å². The Bertz CT molecular complexity index is 1480. The van der Waals surface area contributed by atoms with E-state index >= 15 is 0 Å². The molecule has 3 heteroatoms. The average molecular weight is 544 g/mol. The second-order valence-corrected chi connectivity index (χ2v) is 13.4. The quantitative estimate of drug-likeness (QED) is 0.115. The molecule has 0 radical (unpaired) electrons. The van der Waals surface area contributed by atoms with Crippen molar-refractivity contribution in [1.82, 2.24) is 0 Å². The molecule has 1 atom stereocenters. The summed E-state index contributed by atoms with van der Waals surface area (Å²) in [6, 6.07) is 46.8. The molecule has 0 bridgehead atoms. The summed E-state index contributed by atoms with van der Waals surface area (Å²) in [5, 5.41) is 8.17. The molecule has 1 aliphatic rings. The molecular formula is C36H34NPS. The summed E-state index contributed by atoms with van der Waals surface area (Å²) in [7, 11) is -0.648. The number of benzene rings is 5. The largest absolute Gasteiger partial charge is 0.384 e. The molecule has 0 heterocycles. The summed E-state index contributed by atoms with van der Waals surface area (Å²) in [6.07, 6.45) is 2.30. The van der Waals surface area contributed by atoms with E-state index in [1.807, 2.05) is 11.8 Å². The summed E-state index contributed by atoms with van der Waals surface area (Å²) >= 11 is 1.91. The minimum atomic E-state index is -0.648. The number of thioether (sulfide) groups is 1. The zero-order valence-corrected chi connectivity index (χ0v) is 24.1. The Morgan fingerprint density at radius 1 is 0.692 bits per heavy atom. The molecule has 0 amide bonds. The van der Waals surface area contributed by atoms with Crippen molar-refractivity contribution in [3.8, 4) is 0 Å². The van der Waals surface area contributed by atoms with Gasteiger partial charge in [-0.15, -0.1) is 11.8 Å². The molecule has 1 nitrogen and oxygen atoms in total. The van der Waals surface area contributed by atoms with Crippen molar-refractivity contribution in [3.05, 3.63) is 150 Å². The van der Waals surface area contributed by atoms with Crippen LogP contribution in [0.15, 0.2) is 132 Å². The maximum atomic E-state index is 3.83. The van der Waals surface area contributed by atoms with Crippen LogP contribution in [0.1, 0.15) is 34.6 Å². The lowest BCUT2D eigenvalue weighted by atomic mass is 9.88. The molecule has 39 heavy (non-hydrogen) atoms. The first-order chi connectivity index (χ1) is 19.3. The van der Waals surface area contributed by atoms with Crippen LogP contribution in [-0.4, -0.2) is 12.3 Å². The van der Waals surface area contributed by atoms with Crippen LogP contribution >= 0.6 is 19.7 Å². The zero-order valence-electron chi connectivity index (χ0n) is 22.4. The fraction of sp³-hybridized carbons (Fsp3) is 0.167. The second-order valence-electron chi connectivity index (χ2n) is 10.1. The number of hydrogen-bond donors (Lipinski definition) is 1. The van der Waals surface area contributed by atoms with Crippen LogP contribution in [0.2, 0.25) is 0 Å². The molecule has 194 valence electrons. The van der Waals surface area contributed by atoms with Gasteiger partial charge in [0.25, 0.3) is 0 Å². The summed E-state index contributed by atoms with van der Waals surface area (Å²) in [5.74, 6) is 1.44. The Kier molecular flexibility index (Phi) is 8.14. The monoisotopic (exact) mass is 543 g/mol. The molecular weight excluding hydrogens is 509 g/mol. The standard InChI is InChI=1S/C36H34NPS/c1-27-13-11-21-33(37-25-26-39-31-19-9-4-10-20-31)35(27)32-24-23-28-14-12-22-34(36(28)32)38(29-15-5-2-6-16-29)30-17-7-3-8-18-30/h2-22,32,37H,23-26H2,1H3. The number of hydrogen-bond acceptors (Lipinski definition) is 2. The SMILES string of the molecule is Cc1cccc(NCCSc2ccccc2)c1C1CCc2cccc(P(c3ccccc3)c3ccccc3)c21. The van der Waals surface area contributed by atoms with Crippen LogP contribution in [0.3, 0.4) is 0 Å². The zero-order chi connectivity index (χ0) is 26.4. The van der Waals surface area contributed by atoms with Gasteiger partial charge >= 0.3 is 0 Å². The molecule has 0 fully saturated rings. The van der Waals surface area contributed by atoms with Crippen LogP contribution in [-0.2, 0) is 6.42 Å². The van der Waals surface area contributed by atoms with Crippen molar-refractivity contribution in [3.63, 3.8) is 0 Å². The maximum absolute atomic E-state index is 3.83. The third-order valence-corrected chi connectivity index (χ3v) is 11.1. The van der Waals surface area contributed by atoms with Crippen LogP contribution in [0.5, 0.6) is 0 Å². The lowest BCUT2D eigenvalue weighted by Gasteiger charge is -2.27. The predicted molar refractivity (Wildman–Crippen MR) is 172 cm³/mol. The summed E-state index contributed by atoms with van der Waals surface area (Å²) < 4.78 is 0. The van der Waals surface area contributed by atoms with E-state index in [0.717, 1.165) is 25.1 Å². The number of aryl methyl sites for hydroxylation is 2. The van der Waals surface area contributed by atoms with Gasteiger partial charge in [-0.25, -0.2) is 0 Å². The van der Waals surface area contributed by atoms with Crippen LogP contribution < -0.4 is 21.2 Å². The van der Waals surface area contributed by atoms with Crippen molar-refractivity contribution in [2.45, 2.75) is 30.6 Å². The van der Waals surface area contributed by atoms with Gasteiger partial charge in [0.05, 0.1) is 0 Å². The van der Waals surface area contributed by atoms with Gasteiger partial charge in [0.1, 0.15) is 0 Å². The second kappa shape index (κ2) is 12.2. The summed E-state index contributed by atoms with van der Waals surface area (Å²) in [5.41, 5.74) is 7.23. The van der Waals surface area contributed by atoms with Crippen molar-refractivity contribution < 1.29 is 0 Å². The molecule has 1 aliphatic carbocycles. The molecule has 0 saturated carbocycles. The third-order valence-electron chi connectivity index (χ3n) is 7.60. The Morgan fingerprint density at radius 3 is 2.03 bits per heavy atom. The summed E-state index contributed by atoms with van der Waals surface area (Å²) in [6.45, 7) is 3.23. The number of rotatable bonds is 9. The van der Waals surface area contributed by atoms with E-state index in [9.17, 15) is 0 Å². The van der Waals surface area contributed by atoms with E-state index in [1.54, 1.807) is 5.56 Å². The molecule has 1 unspecified atom stereocenters. The van der Waals surface area contributed by atoms with E-state index in [-0.39, 0.29) is 0 Å². The Hall–Kier alpha value is -3.32. The molecule has 1 N–H and O–H groups in total. The molecule has 5 aromatic carbocycles. The molecule has 6 rings (SSSR count). The minimum absolute atomic E-state index is 0.402. The van der Waals surface area contributed by atoms with E-state index in [1.165, 1.54) is 43.2 Å². The van der Waals surface area contributed by atoms with Gasteiger partial charge in [-0.2, -0.15) is 0 Å². The average Bonchev–Trinajstić information content (AvgIpc) is 3.42. The lowest BCUT2D eigenvalue weighted by Crippen LogP contribution is -2.24. The molecule has 0 spiro atoms. The molecule has 0 saturated heterocycles. The minimum Gasteiger partial charge on any atom is -0.384 e. The van der Waals surface area contributed by atoms with Crippen LogP contribution in [0, 0.1) is 6.92 Å². The van der Waals surface area contributed by atoms with Gasteiger partial charge in [-0.3, -0.25) is 0 Å². The van der Waals surface area contributed by atoms with Crippen LogP contribution in [0.4, 0.5) is 5.69 Å².